The molecule has 0 fully saturated rings. The van der Waals surface area contributed by atoms with Crippen molar-refractivity contribution in [2.45, 2.75) is 26.3 Å². The van der Waals surface area contributed by atoms with Crippen molar-refractivity contribution < 1.29 is 0 Å². The van der Waals surface area contributed by atoms with Gasteiger partial charge in [0.05, 0.1) is 0 Å². The molecular formula is C16H19ClN2. The summed E-state index contributed by atoms with van der Waals surface area (Å²) in [6.45, 7) is 4.02. The first-order chi connectivity index (χ1) is 9.29. The van der Waals surface area contributed by atoms with Crippen LogP contribution in [0, 0.1) is 0 Å². The first-order valence-electron chi connectivity index (χ1n) is 6.66. The van der Waals surface area contributed by atoms with Gasteiger partial charge in [-0.2, -0.15) is 0 Å². The van der Waals surface area contributed by atoms with Crippen LogP contribution in [0.4, 0.5) is 0 Å². The molecule has 0 bridgehead atoms. The van der Waals surface area contributed by atoms with Gasteiger partial charge in [-0.1, -0.05) is 30.7 Å². The number of rotatable bonds is 6. The van der Waals surface area contributed by atoms with Crippen LogP contribution in [-0.4, -0.2) is 11.5 Å². The zero-order valence-corrected chi connectivity index (χ0v) is 12.0. The number of hydrogen-bond donors (Lipinski definition) is 1. The van der Waals surface area contributed by atoms with E-state index in [1.165, 1.54) is 11.1 Å². The fourth-order valence-electron chi connectivity index (χ4n) is 1.98. The number of aromatic nitrogens is 1. The van der Waals surface area contributed by atoms with Crippen molar-refractivity contribution in [3.8, 4) is 0 Å². The average Bonchev–Trinajstić information content (AvgIpc) is 2.43. The molecule has 0 spiro atoms. The van der Waals surface area contributed by atoms with Crippen LogP contribution in [0.25, 0.3) is 0 Å². The standard InChI is InChI=1S/C16H19ClN2/c1-2-7-19-12-15-4-3-14(11-16(15)17)10-13-5-8-18-9-6-13/h3-6,8-9,11,19H,2,7,10,12H2,1H3. The zero-order chi connectivity index (χ0) is 13.5. The first-order valence-corrected chi connectivity index (χ1v) is 7.04. The second kappa shape index (κ2) is 7.27. The third kappa shape index (κ3) is 4.34. The van der Waals surface area contributed by atoms with Gasteiger partial charge >= 0.3 is 0 Å². The van der Waals surface area contributed by atoms with Gasteiger partial charge in [0.1, 0.15) is 0 Å². The van der Waals surface area contributed by atoms with E-state index in [1.807, 2.05) is 24.5 Å². The van der Waals surface area contributed by atoms with Crippen molar-refractivity contribution in [2.75, 3.05) is 6.54 Å². The normalized spacial score (nSPS) is 10.6. The van der Waals surface area contributed by atoms with Gasteiger partial charge in [0, 0.05) is 24.0 Å². The molecular weight excluding hydrogens is 256 g/mol. The Bertz CT molecular complexity index is 511. The number of nitrogens with one attached hydrogen (secondary N) is 1. The third-order valence-corrected chi connectivity index (χ3v) is 3.37. The summed E-state index contributed by atoms with van der Waals surface area (Å²) in [5.74, 6) is 0. The van der Waals surface area contributed by atoms with Gasteiger partial charge in [-0.15, -0.1) is 0 Å². The molecule has 0 atom stereocenters. The minimum Gasteiger partial charge on any atom is -0.313 e. The topological polar surface area (TPSA) is 24.9 Å². The van der Waals surface area contributed by atoms with Gasteiger partial charge < -0.3 is 5.32 Å². The van der Waals surface area contributed by atoms with Gasteiger partial charge in [-0.25, -0.2) is 0 Å². The maximum atomic E-state index is 6.32. The monoisotopic (exact) mass is 274 g/mol. The minimum absolute atomic E-state index is 0.836. The molecule has 1 heterocycles. The predicted octanol–water partition coefficient (Wildman–Crippen LogP) is 3.83. The summed E-state index contributed by atoms with van der Waals surface area (Å²) < 4.78 is 0. The second-order valence-corrected chi connectivity index (χ2v) is 5.04. The van der Waals surface area contributed by atoms with Crippen molar-refractivity contribution in [2.24, 2.45) is 0 Å². The number of nitrogens with zero attached hydrogens (tertiary/aromatic N) is 1. The molecule has 19 heavy (non-hydrogen) atoms. The molecule has 0 saturated heterocycles. The van der Waals surface area contributed by atoms with Crippen LogP contribution in [-0.2, 0) is 13.0 Å². The quantitative estimate of drug-likeness (QED) is 0.810. The van der Waals surface area contributed by atoms with Gasteiger partial charge in [-0.05, 0) is 54.3 Å². The van der Waals surface area contributed by atoms with Crippen LogP contribution in [0.3, 0.4) is 0 Å². The van der Waals surface area contributed by atoms with Crippen molar-refractivity contribution in [1.82, 2.24) is 10.3 Å². The molecule has 1 aromatic carbocycles. The van der Waals surface area contributed by atoms with Crippen LogP contribution in [0.15, 0.2) is 42.7 Å². The number of benzene rings is 1. The van der Waals surface area contributed by atoms with Crippen molar-refractivity contribution in [1.29, 1.82) is 0 Å². The number of pyridine rings is 1. The molecule has 0 aliphatic heterocycles. The van der Waals surface area contributed by atoms with Crippen LogP contribution in [0.1, 0.15) is 30.0 Å². The summed E-state index contributed by atoms with van der Waals surface area (Å²) in [5, 5.41) is 4.21. The summed E-state index contributed by atoms with van der Waals surface area (Å²) in [6, 6.07) is 10.4. The minimum atomic E-state index is 0.836. The Kier molecular flexibility index (Phi) is 5.37. The molecule has 0 unspecified atom stereocenters. The van der Waals surface area contributed by atoms with E-state index >= 15 is 0 Å². The van der Waals surface area contributed by atoms with Crippen LogP contribution in [0.5, 0.6) is 0 Å². The third-order valence-electron chi connectivity index (χ3n) is 3.02. The summed E-state index contributed by atoms with van der Waals surface area (Å²) in [4.78, 5) is 4.03. The van der Waals surface area contributed by atoms with Gasteiger partial charge in [-0.3, -0.25) is 4.98 Å². The highest BCUT2D eigenvalue weighted by Crippen LogP contribution is 2.19. The molecule has 0 aliphatic carbocycles. The Labute approximate surface area is 119 Å². The zero-order valence-electron chi connectivity index (χ0n) is 11.2. The van der Waals surface area contributed by atoms with Crippen molar-refractivity contribution in [3.63, 3.8) is 0 Å². The Morgan fingerprint density at radius 1 is 1.11 bits per heavy atom. The van der Waals surface area contributed by atoms with E-state index in [-0.39, 0.29) is 0 Å². The van der Waals surface area contributed by atoms with E-state index in [1.54, 1.807) is 0 Å². The Morgan fingerprint density at radius 3 is 2.58 bits per heavy atom. The molecule has 0 saturated carbocycles. The fraction of sp³-hybridized carbons (Fsp3) is 0.312. The smallest absolute Gasteiger partial charge is 0.0453 e. The summed E-state index contributed by atoms with van der Waals surface area (Å²) in [5.41, 5.74) is 3.65. The Balaban J connectivity index is 2.02. The Hall–Kier alpha value is -1.38. The molecule has 0 amide bonds. The van der Waals surface area contributed by atoms with E-state index in [0.717, 1.165) is 36.5 Å². The lowest BCUT2D eigenvalue weighted by molar-refractivity contribution is 0.675. The van der Waals surface area contributed by atoms with E-state index in [2.05, 4.69) is 35.4 Å². The van der Waals surface area contributed by atoms with Crippen molar-refractivity contribution >= 4 is 11.6 Å². The summed E-state index contributed by atoms with van der Waals surface area (Å²) >= 11 is 6.32. The van der Waals surface area contributed by atoms with Crippen LogP contribution < -0.4 is 5.32 Å². The molecule has 100 valence electrons. The van der Waals surface area contributed by atoms with Gasteiger partial charge in [0.25, 0.3) is 0 Å². The Morgan fingerprint density at radius 2 is 1.89 bits per heavy atom. The van der Waals surface area contributed by atoms with E-state index in [4.69, 9.17) is 11.6 Å². The SMILES string of the molecule is CCCNCc1ccc(Cc2ccncc2)cc1Cl. The number of halogens is 1. The molecule has 2 aromatic rings. The first kappa shape index (κ1) is 14.0. The van der Waals surface area contributed by atoms with E-state index < -0.39 is 0 Å². The lowest BCUT2D eigenvalue weighted by Crippen LogP contribution is -2.14. The van der Waals surface area contributed by atoms with Crippen LogP contribution in [0.2, 0.25) is 5.02 Å². The fourth-order valence-corrected chi connectivity index (χ4v) is 2.25. The molecule has 2 rings (SSSR count). The van der Waals surface area contributed by atoms with E-state index in [0.29, 0.717) is 0 Å². The predicted molar refractivity (Wildman–Crippen MR) is 80.5 cm³/mol. The molecule has 2 nitrogen and oxygen atoms in total. The van der Waals surface area contributed by atoms with Gasteiger partial charge in [0.2, 0.25) is 0 Å². The maximum absolute atomic E-state index is 6.32. The molecule has 0 aliphatic rings. The summed E-state index contributed by atoms with van der Waals surface area (Å²) in [7, 11) is 0. The summed E-state index contributed by atoms with van der Waals surface area (Å²) in [6.07, 6.45) is 5.67. The highest BCUT2D eigenvalue weighted by Gasteiger charge is 2.02. The molecule has 1 aromatic heterocycles. The van der Waals surface area contributed by atoms with Gasteiger partial charge in [0.15, 0.2) is 0 Å². The highest BCUT2D eigenvalue weighted by molar-refractivity contribution is 6.31. The lowest BCUT2D eigenvalue weighted by atomic mass is 10.0. The maximum Gasteiger partial charge on any atom is 0.0453 e. The number of hydrogen-bond acceptors (Lipinski definition) is 2. The lowest BCUT2D eigenvalue weighted by Gasteiger charge is -2.08. The largest absolute Gasteiger partial charge is 0.313 e. The average molecular weight is 275 g/mol. The van der Waals surface area contributed by atoms with Crippen molar-refractivity contribution in [3.05, 3.63) is 64.4 Å². The molecule has 3 heteroatoms. The highest BCUT2D eigenvalue weighted by atomic mass is 35.5. The second-order valence-electron chi connectivity index (χ2n) is 4.63. The van der Waals surface area contributed by atoms with Crippen LogP contribution >= 0.6 is 11.6 Å². The molecule has 1 N–H and O–H groups in total. The van der Waals surface area contributed by atoms with E-state index in [9.17, 15) is 0 Å². The molecule has 0 radical (unpaired) electrons.